The highest BCUT2D eigenvalue weighted by Crippen LogP contribution is 2.40. The standard InChI is InChI=1S/C26H21N5O5/c1-15-10-11-17(25(33)27-2)13-22(15)29-30-23-20-9-4-3-6-16(20)12-21(24(23)32)26(34)28-18-7-5-8-19(14-18)31(35)36/h3-14,32H,1-2H3,(H,27,33)(H,28,34). The number of rotatable bonds is 6. The molecule has 0 radical (unpaired) electrons. The number of nitrogens with one attached hydrogen (secondary N) is 2. The van der Waals surface area contributed by atoms with Gasteiger partial charge in [0.25, 0.3) is 17.5 Å². The van der Waals surface area contributed by atoms with Gasteiger partial charge in [0, 0.05) is 35.8 Å². The third kappa shape index (κ3) is 4.87. The van der Waals surface area contributed by atoms with Crippen molar-refractivity contribution in [1.82, 2.24) is 5.32 Å². The van der Waals surface area contributed by atoms with E-state index in [9.17, 15) is 24.8 Å². The highest BCUT2D eigenvalue weighted by Gasteiger charge is 2.19. The van der Waals surface area contributed by atoms with Gasteiger partial charge in [-0.3, -0.25) is 19.7 Å². The van der Waals surface area contributed by atoms with E-state index < -0.39 is 16.6 Å². The molecule has 4 aromatic rings. The number of phenolic OH excluding ortho intramolecular Hbond substituents is 1. The van der Waals surface area contributed by atoms with E-state index in [1.165, 1.54) is 37.4 Å². The number of aryl methyl sites for hydroxylation is 1. The molecule has 0 heterocycles. The molecule has 0 aliphatic rings. The van der Waals surface area contributed by atoms with Gasteiger partial charge in [-0.1, -0.05) is 36.4 Å². The molecular formula is C26H21N5O5. The van der Waals surface area contributed by atoms with Crippen LogP contribution in [-0.2, 0) is 0 Å². The quantitative estimate of drug-likeness (QED) is 0.180. The van der Waals surface area contributed by atoms with E-state index in [4.69, 9.17) is 0 Å². The molecule has 0 saturated carbocycles. The summed E-state index contributed by atoms with van der Waals surface area (Å²) in [6.45, 7) is 1.81. The van der Waals surface area contributed by atoms with Crippen molar-refractivity contribution in [1.29, 1.82) is 0 Å². The second-order valence-corrected chi connectivity index (χ2v) is 7.88. The topological polar surface area (TPSA) is 146 Å². The van der Waals surface area contributed by atoms with E-state index in [2.05, 4.69) is 20.9 Å². The summed E-state index contributed by atoms with van der Waals surface area (Å²) in [7, 11) is 1.53. The van der Waals surface area contributed by atoms with Crippen LogP contribution in [0.15, 0.2) is 83.0 Å². The summed E-state index contributed by atoms with van der Waals surface area (Å²) in [5.74, 6) is -1.35. The summed E-state index contributed by atoms with van der Waals surface area (Å²) < 4.78 is 0. The van der Waals surface area contributed by atoms with Crippen LogP contribution in [0, 0.1) is 17.0 Å². The minimum Gasteiger partial charge on any atom is -0.505 e. The zero-order chi connectivity index (χ0) is 25.8. The van der Waals surface area contributed by atoms with E-state index in [1.54, 1.807) is 42.5 Å². The van der Waals surface area contributed by atoms with Gasteiger partial charge in [-0.05, 0) is 42.1 Å². The lowest BCUT2D eigenvalue weighted by Crippen LogP contribution is -2.17. The van der Waals surface area contributed by atoms with Gasteiger partial charge in [-0.2, -0.15) is 5.11 Å². The molecule has 3 N–H and O–H groups in total. The average molecular weight is 483 g/mol. The summed E-state index contributed by atoms with van der Waals surface area (Å²) in [4.78, 5) is 35.5. The number of azo groups is 1. The first-order chi connectivity index (χ1) is 17.3. The molecule has 0 bridgehead atoms. The first kappa shape index (κ1) is 24.0. The van der Waals surface area contributed by atoms with Gasteiger partial charge in [0.1, 0.15) is 5.69 Å². The Bertz CT molecular complexity index is 1550. The predicted octanol–water partition coefficient (Wildman–Crippen LogP) is 5.79. The van der Waals surface area contributed by atoms with Gasteiger partial charge in [-0.25, -0.2) is 0 Å². The Morgan fingerprint density at radius 2 is 1.72 bits per heavy atom. The van der Waals surface area contributed by atoms with Crippen LogP contribution in [0.5, 0.6) is 5.75 Å². The molecule has 0 spiro atoms. The van der Waals surface area contributed by atoms with Crippen molar-refractivity contribution < 1.29 is 19.6 Å². The molecule has 0 aliphatic carbocycles. The van der Waals surface area contributed by atoms with Crippen molar-refractivity contribution in [2.45, 2.75) is 6.92 Å². The first-order valence-corrected chi connectivity index (χ1v) is 10.8. The van der Waals surface area contributed by atoms with Gasteiger partial charge < -0.3 is 15.7 Å². The molecule has 4 rings (SSSR count). The van der Waals surface area contributed by atoms with Gasteiger partial charge in [0.05, 0.1) is 16.2 Å². The van der Waals surface area contributed by atoms with Crippen LogP contribution in [0.3, 0.4) is 0 Å². The van der Waals surface area contributed by atoms with Crippen LogP contribution in [0.1, 0.15) is 26.3 Å². The number of nitrogens with zero attached hydrogens (tertiary/aromatic N) is 3. The molecule has 0 aromatic heterocycles. The third-order valence-electron chi connectivity index (χ3n) is 5.51. The zero-order valence-electron chi connectivity index (χ0n) is 19.4. The fourth-order valence-corrected chi connectivity index (χ4v) is 3.59. The zero-order valence-corrected chi connectivity index (χ0v) is 19.4. The number of aromatic hydroxyl groups is 1. The Balaban J connectivity index is 1.76. The first-order valence-electron chi connectivity index (χ1n) is 10.8. The maximum Gasteiger partial charge on any atom is 0.271 e. The van der Waals surface area contributed by atoms with Gasteiger partial charge in [0.15, 0.2) is 5.75 Å². The average Bonchev–Trinajstić information content (AvgIpc) is 2.88. The van der Waals surface area contributed by atoms with Crippen molar-refractivity contribution in [3.05, 3.63) is 99.6 Å². The monoisotopic (exact) mass is 483 g/mol. The lowest BCUT2D eigenvalue weighted by molar-refractivity contribution is -0.384. The number of non-ortho nitro benzene ring substituents is 1. The summed E-state index contributed by atoms with van der Waals surface area (Å²) in [5, 5.41) is 36.9. The van der Waals surface area contributed by atoms with Crippen molar-refractivity contribution >= 4 is 45.3 Å². The minimum atomic E-state index is -0.673. The summed E-state index contributed by atoms with van der Waals surface area (Å²) in [5.41, 5.74) is 1.59. The Kier molecular flexibility index (Phi) is 6.68. The number of nitro benzene ring substituents is 1. The van der Waals surface area contributed by atoms with Crippen molar-refractivity contribution in [3.63, 3.8) is 0 Å². The number of hydrogen-bond acceptors (Lipinski definition) is 7. The SMILES string of the molecule is CNC(=O)c1ccc(C)c(N=Nc2c(O)c(C(=O)Nc3cccc([N+](=O)[O-])c3)cc3ccccc23)c1. The van der Waals surface area contributed by atoms with Crippen LogP contribution in [0.25, 0.3) is 10.8 Å². The summed E-state index contributed by atoms with van der Waals surface area (Å²) >= 11 is 0. The number of nitro groups is 1. The van der Waals surface area contributed by atoms with Crippen LogP contribution in [0.2, 0.25) is 0 Å². The summed E-state index contributed by atoms with van der Waals surface area (Å²) in [6, 6.07) is 19.0. The van der Waals surface area contributed by atoms with E-state index in [1.807, 2.05) is 6.92 Å². The Morgan fingerprint density at radius 1 is 0.944 bits per heavy atom. The number of benzene rings is 4. The van der Waals surface area contributed by atoms with E-state index in [-0.39, 0.29) is 28.5 Å². The number of hydrogen-bond donors (Lipinski definition) is 3. The number of anilines is 1. The molecule has 0 atom stereocenters. The maximum absolute atomic E-state index is 13.0. The second kappa shape index (κ2) is 10.0. The third-order valence-corrected chi connectivity index (χ3v) is 5.51. The molecule has 36 heavy (non-hydrogen) atoms. The number of phenols is 1. The smallest absolute Gasteiger partial charge is 0.271 e. The molecule has 180 valence electrons. The highest BCUT2D eigenvalue weighted by molar-refractivity contribution is 6.11. The summed E-state index contributed by atoms with van der Waals surface area (Å²) in [6.07, 6.45) is 0. The fourth-order valence-electron chi connectivity index (χ4n) is 3.59. The van der Waals surface area contributed by atoms with Crippen molar-refractivity contribution in [3.8, 4) is 5.75 Å². The van der Waals surface area contributed by atoms with E-state index in [0.29, 0.717) is 22.0 Å². The lowest BCUT2D eigenvalue weighted by atomic mass is 10.0. The normalized spacial score (nSPS) is 10.9. The Hall–Kier alpha value is -5.12. The van der Waals surface area contributed by atoms with Crippen molar-refractivity contribution in [2.24, 2.45) is 10.2 Å². The van der Waals surface area contributed by atoms with Crippen molar-refractivity contribution in [2.75, 3.05) is 12.4 Å². The molecule has 0 fully saturated rings. The molecule has 0 unspecified atom stereocenters. The maximum atomic E-state index is 13.0. The van der Waals surface area contributed by atoms with Crippen LogP contribution in [-0.4, -0.2) is 28.9 Å². The second-order valence-electron chi connectivity index (χ2n) is 7.88. The van der Waals surface area contributed by atoms with E-state index >= 15 is 0 Å². The van der Waals surface area contributed by atoms with Gasteiger partial charge in [-0.15, -0.1) is 5.11 Å². The van der Waals surface area contributed by atoms with Gasteiger partial charge in [0.2, 0.25) is 0 Å². The molecule has 2 amide bonds. The molecule has 10 nitrogen and oxygen atoms in total. The molecule has 0 saturated heterocycles. The number of fused-ring (bicyclic) bond motifs is 1. The largest absolute Gasteiger partial charge is 0.505 e. The van der Waals surface area contributed by atoms with Crippen LogP contribution in [0.4, 0.5) is 22.7 Å². The number of carbonyl (C=O) groups is 2. The Labute approximate surface area is 205 Å². The number of carbonyl (C=O) groups excluding carboxylic acids is 2. The Morgan fingerprint density at radius 3 is 2.47 bits per heavy atom. The molecular weight excluding hydrogens is 462 g/mol. The lowest BCUT2D eigenvalue weighted by Gasteiger charge is -2.11. The predicted molar refractivity (Wildman–Crippen MR) is 135 cm³/mol. The number of amides is 2. The molecule has 4 aromatic carbocycles. The fraction of sp³-hybridized carbons (Fsp3) is 0.0769. The van der Waals surface area contributed by atoms with Crippen LogP contribution < -0.4 is 10.6 Å². The van der Waals surface area contributed by atoms with Crippen LogP contribution >= 0.6 is 0 Å². The highest BCUT2D eigenvalue weighted by atomic mass is 16.6. The van der Waals surface area contributed by atoms with Gasteiger partial charge >= 0.3 is 0 Å². The minimum absolute atomic E-state index is 0.0713. The van der Waals surface area contributed by atoms with E-state index in [0.717, 1.165) is 5.56 Å². The molecule has 0 aliphatic heterocycles. The molecule has 10 heteroatoms.